The van der Waals surface area contributed by atoms with Crippen LogP contribution in [0.15, 0.2) is 30.3 Å². The molecule has 0 saturated carbocycles. The third-order valence-electron chi connectivity index (χ3n) is 3.27. The summed E-state index contributed by atoms with van der Waals surface area (Å²) in [6.45, 7) is 7.20. The van der Waals surface area contributed by atoms with E-state index >= 15 is 0 Å². The Morgan fingerprint density at radius 3 is 2.48 bits per heavy atom. The molecule has 0 spiro atoms. The number of nitrogens with zero attached hydrogens (tertiary/aromatic N) is 1. The zero-order valence-electron chi connectivity index (χ0n) is 12.8. The van der Waals surface area contributed by atoms with E-state index in [-0.39, 0.29) is 12.6 Å². The molecule has 1 aromatic carbocycles. The molecule has 1 amide bonds. The summed E-state index contributed by atoms with van der Waals surface area (Å²) >= 11 is 0. The van der Waals surface area contributed by atoms with E-state index in [4.69, 9.17) is 9.47 Å². The number of esters is 1. The van der Waals surface area contributed by atoms with Crippen LogP contribution in [0.1, 0.15) is 39.3 Å². The van der Waals surface area contributed by atoms with Crippen molar-refractivity contribution in [2.45, 2.75) is 45.4 Å². The monoisotopic (exact) mass is 292 g/mol. The Hall–Kier alpha value is -2.04. The van der Waals surface area contributed by atoms with Crippen molar-refractivity contribution in [1.29, 1.82) is 0 Å². The lowest BCUT2D eigenvalue weighted by Crippen LogP contribution is -2.53. The lowest BCUT2D eigenvalue weighted by molar-refractivity contribution is -0.160. The van der Waals surface area contributed by atoms with Crippen molar-refractivity contribution < 1.29 is 19.1 Å². The SMILES string of the molecule is CC(C)(C)OC(=O)N1[C@@H](c2ccccc2)COC(=O)[C@@H]1[13CH3]. The fourth-order valence-electron chi connectivity index (χ4n) is 2.28. The Morgan fingerprint density at radius 2 is 1.90 bits per heavy atom. The Bertz CT molecular complexity index is 521. The van der Waals surface area contributed by atoms with Gasteiger partial charge in [0.05, 0.1) is 6.04 Å². The minimum atomic E-state index is -0.668. The molecule has 0 unspecified atom stereocenters. The van der Waals surface area contributed by atoms with Crippen LogP contribution in [0.4, 0.5) is 4.79 Å². The van der Waals surface area contributed by atoms with Crippen molar-refractivity contribution in [3.8, 4) is 0 Å². The van der Waals surface area contributed by atoms with Crippen molar-refractivity contribution in [2.75, 3.05) is 6.61 Å². The van der Waals surface area contributed by atoms with Crippen LogP contribution in [0.25, 0.3) is 0 Å². The van der Waals surface area contributed by atoms with E-state index < -0.39 is 23.7 Å². The standard InChI is InChI=1S/C16H21NO4/c1-11-14(18)20-10-13(12-8-6-5-7-9-12)17(11)15(19)21-16(2,3)4/h5-9,11,13H,10H2,1-4H3/t11-,13+/m0/s1/i1+1. The summed E-state index contributed by atoms with van der Waals surface area (Å²) in [6.07, 6.45) is -0.500. The molecule has 21 heavy (non-hydrogen) atoms. The zero-order valence-corrected chi connectivity index (χ0v) is 12.8. The average molecular weight is 292 g/mol. The number of carbonyl (C=O) groups is 2. The molecular formula is C16H21NO4. The summed E-state index contributed by atoms with van der Waals surface area (Å²) in [6, 6.07) is 8.52. The predicted molar refractivity (Wildman–Crippen MR) is 77.7 cm³/mol. The minimum Gasteiger partial charge on any atom is -0.462 e. The van der Waals surface area contributed by atoms with Crippen LogP contribution in [-0.4, -0.2) is 35.2 Å². The lowest BCUT2D eigenvalue weighted by Gasteiger charge is -2.39. The number of carbonyl (C=O) groups excluding carboxylic acids is 2. The molecule has 1 heterocycles. The van der Waals surface area contributed by atoms with Gasteiger partial charge in [0.2, 0.25) is 0 Å². The number of morpholine rings is 1. The normalized spacial score (nSPS) is 22.7. The van der Waals surface area contributed by atoms with E-state index in [9.17, 15) is 9.59 Å². The predicted octanol–water partition coefficient (Wildman–Crippen LogP) is 2.91. The van der Waals surface area contributed by atoms with Gasteiger partial charge < -0.3 is 9.47 Å². The molecule has 2 rings (SSSR count). The van der Waals surface area contributed by atoms with Gasteiger partial charge in [-0.25, -0.2) is 9.59 Å². The summed E-state index contributed by atoms with van der Waals surface area (Å²) in [4.78, 5) is 25.7. The van der Waals surface area contributed by atoms with Crippen LogP contribution in [0, 0.1) is 0 Å². The molecule has 0 radical (unpaired) electrons. The second kappa shape index (κ2) is 5.76. The fourth-order valence-corrected chi connectivity index (χ4v) is 2.28. The third kappa shape index (κ3) is 3.54. The second-order valence-corrected chi connectivity index (χ2v) is 6.12. The number of amides is 1. The Labute approximate surface area is 124 Å². The largest absolute Gasteiger partial charge is 0.462 e. The molecule has 114 valence electrons. The number of hydrogen-bond donors (Lipinski definition) is 0. The maximum atomic E-state index is 12.4. The van der Waals surface area contributed by atoms with Gasteiger partial charge in [-0.05, 0) is 33.3 Å². The summed E-state index contributed by atoms with van der Waals surface area (Å²) in [5.41, 5.74) is 0.307. The smallest absolute Gasteiger partial charge is 0.411 e. The number of cyclic esters (lactones) is 1. The Kier molecular flexibility index (Phi) is 4.21. The van der Waals surface area contributed by atoms with Crippen LogP contribution < -0.4 is 0 Å². The number of hydrogen-bond acceptors (Lipinski definition) is 4. The van der Waals surface area contributed by atoms with E-state index in [1.807, 2.05) is 30.3 Å². The fraction of sp³-hybridized carbons (Fsp3) is 0.500. The average Bonchev–Trinajstić information content (AvgIpc) is 2.40. The maximum Gasteiger partial charge on any atom is 0.411 e. The van der Waals surface area contributed by atoms with Crippen molar-refractivity contribution in [3.05, 3.63) is 35.9 Å². The van der Waals surface area contributed by atoms with Gasteiger partial charge in [-0.1, -0.05) is 30.3 Å². The number of benzene rings is 1. The maximum absolute atomic E-state index is 12.4. The first kappa shape index (κ1) is 15.4. The molecule has 1 aliphatic heterocycles. The first-order valence-corrected chi connectivity index (χ1v) is 7.02. The van der Waals surface area contributed by atoms with E-state index in [0.717, 1.165) is 5.56 Å². The summed E-state index contributed by atoms with van der Waals surface area (Å²) < 4.78 is 10.6. The first-order chi connectivity index (χ1) is 9.79. The van der Waals surface area contributed by atoms with Gasteiger partial charge in [-0.2, -0.15) is 0 Å². The van der Waals surface area contributed by atoms with Gasteiger partial charge in [0.1, 0.15) is 18.2 Å². The van der Waals surface area contributed by atoms with Crippen molar-refractivity contribution in [3.63, 3.8) is 0 Å². The minimum absolute atomic E-state index is 0.145. The highest BCUT2D eigenvalue weighted by atomic mass is 16.6. The van der Waals surface area contributed by atoms with E-state index in [1.54, 1.807) is 27.7 Å². The Balaban J connectivity index is 2.30. The van der Waals surface area contributed by atoms with Crippen LogP contribution in [-0.2, 0) is 14.3 Å². The van der Waals surface area contributed by atoms with Gasteiger partial charge in [-0.3, -0.25) is 4.90 Å². The molecule has 5 nitrogen and oxygen atoms in total. The highest BCUT2D eigenvalue weighted by Crippen LogP contribution is 2.29. The van der Waals surface area contributed by atoms with Crippen LogP contribution in [0.3, 0.4) is 0 Å². The van der Waals surface area contributed by atoms with Gasteiger partial charge in [0, 0.05) is 0 Å². The second-order valence-electron chi connectivity index (χ2n) is 6.12. The molecule has 0 aromatic heterocycles. The van der Waals surface area contributed by atoms with Crippen LogP contribution in [0.2, 0.25) is 0 Å². The Morgan fingerprint density at radius 1 is 1.29 bits per heavy atom. The summed E-state index contributed by atoms with van der Waals surface area (Å²) in [5, 5.41) is 0. The lowest BCUT2D eigenvalue weighted by atomic mass is 10.0. The molecule has 5 heteroatoms. The van der Waals surface area contributed by atoms with Crippen LogP contribution >= 0.6 is 0 Å². The highest BCUT2D eigenvalue weighted by Gasteiger charge is 2.41. The molecule has 0 N–H and O–H groups in total. The van der Waals surface area contributed by atoms with Crippen molar-refractivity contribution >= 4 is 12.1 Å². The van der Waals surface area contributed by atoms with Crippen molar-refractivity contribution in [2.24, 2.45) is 0 Å². The molecule has 0 aliphatic carbocycles. The van der Waals surface area contributed by atoms with Gasteiger partial charge >= 0.3 is 12.1 Å². The van der Waals surface area contributed by atoms with Crippen molar-refractivity contribution in [1.82, 2.24) is 4.90 Å². The highest BCUT2D eigenvalue weighted by molar-refractivity contribution is 5.82. The number of rotatable bonds is 1. The molecule has 1 saturated heterocycles. The molecule has 1 aromatic rings. The van der Waals surface area contributed by atoms with Gasteiger partial charge in [0.15, 0.2) is 0 Å². The van der Waals surface area contributed by atoms with Gasteiger partial charge in [0.25, 0.3) is 0 Å². The van der Waals surface area contributed by atoms with E-state index in [1.165, 1.54) is 4.90 Å². The summed E-state index contributed by atoms with van der Waals surface area (Å²) in [7, 11) is 0. The third-order valence-corrected chi connectivity index (χ3v) is 3.27. The van der Waals surface area contributed by atoms with E-state index in [2.05, 4.69) is 0 Å². The molecular weight excluding hydrogens is 271 g/mol. The van der Waals surface area contributed by atoms with E-state index in [0.29, 0.717) is 0 Å². The number of ether oxygens (including phenoxy) is 2. The molecule has 2 atom stereocenters. The molecule has 1 aliphatic rings. The first-order valence-electron chi connectivity index (χ1n) is 7.02. The summed E-state index contributed by atoms with van der Waals surface area (Å²) in [5.74, 6) is -0.409. The molecule has 0 bridgehead atoms. The van der Waals surface area contributed by atoms with Crippen LogP contribution in [0.5, 0.6) is 0 Å². The van der Waals surface area contributed by atoms with Gasteiger partial charge in [-0.15, -0.1) is 0 Å². The molecule has 1 fully saturated rings. The zero-order chi connectivity index (χ0) is 15.6. The topological polar surface area (TPSA) is 55.8 Å². The quantitative estimate of drug-likeness (QED) is 0.590.